The molecular weight excluding hydrogens is 300 g/mol. The van der Waals surface area contributed by atoms with Crippen molar-refractivity contribution >= 4 is 23.2 Å². The minimum Gasteiger partial charge on any atom is -0.364 e. The van der Waals surface area contributed by atoms with Crippen molar-refractivity contribution in [1.29, 1.82) is 0 Å². The number of nitrogens with zero attached hydrogens (tertiary/aromatic N) is 3. The first-order chi connectivity index (χ1) is 11.1. The zero-order valence-corrected chi connectivity index (χ0v) is 12.4. The molecule has 0 atom stereocenters. The monoisotopic (exact) mass is 316 g/mol. The average molecular weight is 316 g/mol. The Bertz CT molecular complexity index is 692. The van der Waals surface area contributed by atoms with Gasteiger partial charge in [0.15, 0.2) is 0 Å². The third kappa shape index (κ3) is 4.13. The number of anilines is 2. The average Bonchev–Trinajstić information content (AvgIpc) is 2.58. The second-order valence-corrected chi connectivity index (χ2v) is 4.55. The molecule has 0 bridgehead atoms. The lowest BCUT2D eigenvalue weighted by molar-refractivity contribution is -0.383. The van der Waals surface area contributed by atoms with Crippen LogP contribution in [-0.4, -0.2) is 27.3 Å². The highest BCUT2D eigenvalue weighted by Gasteiger charge is 2.23. The van der Waals surface area contributed by atoms with E-state index in [9.17, 15) is 14.9 Å². The third-order valence-corrected chi connectivity index (χ3v) is 2.88. The SMILES string of the molecule is CCCNc1ncnc(NNC(=O)c2ccccc2)c1[N+](=O)[O-]. The van der Waals surface area contributed by atoms with E-state index in [1.54, 1.807) is 30.3 Å². The van der Waals surface area contributed by atoms with Crippen LogP contribution >= 0.6 is 0 Å². The number of hydrogen-bond donors (Lipinski definition) is 3. The Labute approximate surface area is 132 Å². The Kier molecular flexibility index (Phi) is 5.40. The largest absolute Gasteiger partial charge is 0.364 e. The lowest BCUT2D eigenvalue weighted by Crippen LogP contribution is -2.30. The van der Waals surface area contributed by atoms with Gasteiger partial charge in [-0.25, -0.2) is 9.97 Å². The van der Waals surface area contributed by atoms with E-state index in [1.165, 1.54) is 6.33 Å². The van der Waals surface area contributed by atoms with Crippen molar-refractivity contribution in [3.63, 3.8) is 0 Å². The molecule has 1 amide bonds. The summed E-state index contributed by atoms with van der Waals surface area (Å²) in [5.41, 5.74) is 4.95. The van der Waals surface area contributed by atoms with Crippen molar-refractivity contribution in [3.8, 4) is 0 Å². The van der Waals surface area contributed by atoms with Gasteiger partial charge in [0.1, 0.15) is 6.33 Å². The normalized spacial score (nSPS) is 9.96. The second-order valence-electron chi connectivity index (χ2n) is 4.55. The number of carbonyl (C=O) groups is 1. The zero-order chi connectivity index (χ0) is 16.7. The van der Waals surface area contributed by atoms with Gasteiger partial charge in [-0.05, 0) is 18.6 Å². The van der Waals surface area contributed by atoms with Crippen LogP contribution in [0, 0.1) is 10.1 Å². The fraction of sp³-hybridized carbons (Fsp3) is 0.214. The second kappa shape index (κ2) is 7.69. The summed E-state index contributed by atoms with van der Waals surface area (Å²) in [6, 6.07) is 8.47. The standard InChI is InChI=1S/C14H16N6O3/c1-2-8-15-12-11(20(22)23)13(17-9-16-12)18-19-14(21)10-6-4-3-5-7-10/h3-7,9H,2,8H2,1H3,(H,19,21)(H2,15,16,17,18). The number of amides is 1. The lowest BCUT2D eigenvalue weighted by atomic mass is 10.2. The quantitative estimate of drug-likeness (QED) is 0.527. The first kappa shape index (κ1) is 16.1. The Morgan fingerprint density at radius 1 is 1.22 bits per heavy atom. The maximum atomic E-state index is 12.0. The maximum Gasteiger partial charge on any atom is 0.354 e. The summed E-state index contributed by atoms with van der Waals surface area (Å²) in [4.78, 5) is 30.3. The van der Waals surface area contributed by atoms with Gasteiger partial charge in [0, 0.05) is 12.1 Å². The molecule has 3 N–H and O–H groups in total. The van der Waals surface area contributed by atoms with E-state index in [2.05, 4.69) is 26.1 Å². The molecule has 0 unspecified atom stereocenters. The van der Waals surface area contributed by atoms with Crippen LogP contribution in [0.2, 0.25) is 0 Å². The Balaban J connectivity index is 2.16. The minimum atomic E-state index is -0.602. The molecule has 0 fully saturated rings. The van der Waals surface area contributed by atoms with E-state index < -0.39 is 10.8 Å². The maximum absolute atomic E-state index is 12.0. The van der Waals surface area contributed by atoms with Gasteiger partial charge in [-0.15, -0.1) is 0 Å². The fourth-order valence-corrected chi connectivity index (χ4v) is 1.79. The van der Waals surface area contributed by atoms with Gasteiger partial charge in [-0.2, -0.15) is 0 Å². The summed E-state index contributed by atoms with van der Waals surface area (Å²) >= 11 is 0. The van der Waals surface area contributed by atoms with Crippen LogP contribution in [0.4, 0.5) is 17.3 Å². The number of hydrogen-bond acceptors (Lipinski definition) is 7. The summed E-state index contributed by atoms with van der Waals surface area (Å²) in [7, 11) is 0. The van der Waals surface area contributed by atoms with E-state index in [0.29, 0.717) is 12.1 Å². The van der Waals surface area contributed by atoms with Crippen molar-refractivity contribution in [3.05, 3.63) is 52.3 Å². The number of carbonyl (C=O) groups excluding carboxylic acids is 1. The molecule has 9 heteroatoms. The highest BCUT2D eigenvalue weighted by Crippen LogP contribution is 2.28. The van der Waals surface area contributed by atoms with Gasteiger partial charge in [0.25, 0.3) is 5.91 Å². The van der Waals surface area contributed by atoms with Crippen molar-refractivity contribution in [2.45, 2.75) is 13.3 Å². The molecule has 23 heavy (non-hydrogen) atoms. The molecule has 9 nitrogen and oxygen atoms in total. The smallest absolute Gasteiger partial charge is 0.354 e. The predicted octanol–water partition coefficient (Wildman–Crippen LogP) is 1.96. The van der Waals surface area contributed by atoms with Gasteiger partial charge in [-0.1, -0.05) is 25.1 Å². The molecule has 120 valence electrons. The Hall–Kier alpha value is -3.23. The number of benzene rings is 1. The molecule has 2 rings (SSSR count). The van der Waals surface area contributed by atoms with Crippen molar-refractivity contribution in [2.75, 3.05) is 17.3 Å². The van der Waals surface area contributed by atoms with E-state index in [4.69, 9.17) is 0 Å². The molecule has 0 radical (unpaired) electrons. The molecule has 2 aromatic rings. The van der Waals surface area contributed by atoms with Crippen LogP contribution in [0.1, 0.15) is 23.7 Å². The van der Waals surface area contributed by atoms with Crippen LogP contribution in [0.3, 0.4) is 0 Å². The van der Waals surface area contributed by atoms with Crippen LogP contribution in [0.25, 0.3) is 0 Å². The predicted molar refractivity (Wildman–Crippen MR) is 85.0 cm³/mol. The fourth-order valence-electron chi connectivity index (χ4n) is 1.79. The number of nitro groups is 1. The van der Waals surface area contributed by atoms with Crippen molar-refractivity contribution in [2.24, 2.45) is 0 Å². The summed E-state index contributed by atoms with van der Waals surface area (Å²) in [6.45, 7) is 2.47. The summed E-state index contributed by atoms with van der Waals surface area (Å²) < 4.78 is 0. The van der Waals surface area contributed by atoms with Gasteiger partial charge in [-0.3, -0.25) is 25.8 Å². The van der Waals surface area contributed by atoms with Crippen LogP contribution in [-0.2, 0) is 0 Å². The van der Waals surface area contributed by atoms with E-state index in [-0.39, 0.29) is 17.3 Å². The number of rotatable bonds is 7. The third-order valence-electron chi connectivity index (χ3n) is 2.88. The van der Waals surface area contributed by atoms with Gasteiger partial charge >= 0.3 is 5.69 Å². The lowest BCUT2D eigenvalue weighted by Gasteiger charge is -2.10. The molecule has 0 spiro atoms. The molecule has 0 aliphatic carbocycles. The Morgan fingerprint density at radius 2 is 1.91 bits per heavy atom. The van der Waals surface area contributed by atoms with Crippen molar-refractivity contribution in [1.82, 2.24) is 15.4 Å². The summed E-state index contributed by atoms with van der Waals surface area (Å²) in [6.07, 6.45) is 1.97. The molecule has 0 aliphatic rings. The number of nitrogens with one attached hydrogen (secondary N) is 3. The van der Waals surface area contributed by atoms with Gasteiger partial charge < -0.3 is 5.32 Å². The molecule has 0 saturated heterocycles. The molecule has 1 aromatic carbocycles. The minimum absolute atomic E-state index is 0.0899. The Morgan fingerprint density at radius 3 is 2.57 bits per heavy atom. The van der Waals surface area contributed by atoms with E-state index >= 15 is 0 Å². The first-order valence-corrected chi connectivity index (χ1v) is 6.98. The molecule has 1 aromatic heterocycles. The molecule has 0 aliphatic heterocycles. The van der Waals surface area contributed by atoms with Crippen LogP contribution in [0.5, 0.6) is 0 Å². The van der Waals surface area contributed by atoms with E-state index in [0.717, 1.165) is 6.42 Å². The van der Waals surface area contributed by atoms with Crippen LogP contribution in [0.15, 0.2) is 36.7 Å². The molecular formula is C14H16N6O3. The number of hydrazine groups is 1. The zero-order valence-electron chi connectivity index (χ0n) is 12.4. The molecule has 1 heterocycles. The summed E-state index contributed by atoms with van der Waals surface area (Å²) in [5, 5.41) is 14.1. The highest BCUT2D eigenvalue weighted by molar-refractivity contribution is 5.95. The van der Waals surface area contributed by atoms with Crippen molar-refractivity contribution < 1.29 is 9.72 Å². The summed E-state index contributed by atoms with van der Waals surface area (Å²) in [5.74, 6) is -0.419. The number of aromatic nitrogens is 2. The van der Waals surface area contributed by atoms with Gasteiger partial charge in [0.2, 0.25) is 11.6 Å². The van der Waals surface area contributed by atoms with Gasteiger partial charge in [0.05, 0.1) is 4.92 Å². The molecule has 0 saturated carbocycles. The first-order valence-electron chi connectivity index (χ1n) is 6.98. The van der Waals surface area contributed by atoms with E-state index in [1.807, 2.05) is 6.92 Å². The van der Waals surface area contributed by atoms with Crippen LogP contribution < -0.4 is 16.2 Å². The highest BCUT2D eigenvalue weighted by atomic mass is 16.6. The topological polar surface area (TPSA) is 122 Å².